The molecule has 4 aliphatic rings. The fourth-order valence-electron chi connectivity index (χ4n) is 9.08. The molecule has 2 unspecified atom stereocenters. The Kier molecular flexibility index (Phi) is 9.12. The number of nitrogens with zero attached hydrogens (tertiary/aromatic N) is 2. The fraction of sp³-hybridized carbons (Fsp3) is 0.294. The average Bonchev–Trinajstić information content (AvgIpc) is 3.16. The summed E-state index contributed by atoms with van der Waals surface area (Å²) in [5, 5.41) is 0. The van der Waals surface area contributed by atoms with Crippen LogP contribution in [-0.2, 0) is 10.8 Å². The molecule has 2 atom stereocenters. The Labute approximate surface area is 325 Å². The number of rotatable bonds is 5. The molecule has 54 heavy (non-hydrogen) atoms. The first-order valence-corrected chi connectivity index (χ1v) is 20.1. The van der Waals surface area contributed by atoms with Crippen LogP contribution in [0.25, 0.3) is 0 Å². The summed E-state index contributed by atoms with van der Waals surface area (Å²) in [6.45, 7) is 20.8. The van der Waals surface area contributed by atoms with Crippen molar-refractivity contribution < 1.29 is 0 Å². The summed E-state index contributed by atoms with van der Waals surface area (Å²) >= 11 is 0. The Morgan fingerprint density at radius 1 is 0.722 bits per heavy atom. The number of fused-ring (bicyclic) bond motifs is 4. The zero-order valence-corrected chi connectivity index (χ0v) is 33.7. The minimum Gasteiger partial charge on any atom is -0.315 e. The molecule has 0 aromatic heterocycles. The second kappa shape index (κ2) is 13.7. The first-order valence-electron chi connectivity index (χ1n) is 20.1. The van der Waals surface area contributed by atoms with Crippen LogP contribution in [0.1, 0.15) is 97.8 Å². The number of allylic oxidation sites excluding steroid dienone is 10. The summed E-state index contributed by atoms with van der Waals surface area (Å²) in [6, 6.07) is 32.9. The van der Waals surface area contributed by atoms with Crippen LogP contribution >= 0.6 is 0 Å². The van der Waals surface area contributed by atoms with E-state index in [1.807, 2.05) is 0 Å². The highest BCUT2D eigenvalue weighted by atomic mass is 15.2. The molecule has 4 aromatic rings. The van der Waals surface area contributed by atoms with Gasteiger partial charge in [-0.2, -0.15) is 0 Å². The number of anilines is 4. The van der Waals surface area contributed by atoms with Crippen LogP contribution < -0.4 is 26.2 Å². The highest BCUT2D eigenvalue weighted by Gasteiger charge is 2.45. The SMILES string of the molecule is C/C=C\C(=C/C)C1=CC(C)CC=C1N1c2ccc(C(C)(C)C)cc2B2c3cc(C(C)(C)C)ccc3N(C3=CC=CCC3c3ccccc3)c3cccc1c32. The molecular formula is C51H55BN2. The molecule has 2 heterocycles. The molecule has 2 aliphatic carbocycles. The maximum Gasteiger partial charge on any atom is 0.252 e. The zero-order chi connectivity index (χ0) is 37.9. The van der Waals surface area contributed by atoms with Gasteiger partial charge in [-0.15, -0.1) is 0 Å². The lowest BCUT2D eigenvalue weighted by molar-refractivity contribution is 0.590. The second-order valence-electron chi connectivity index (χ2n) is 17.7. The van der Waals surface area contributed by atoms with Gasteiger partial charge in [0.15, 0.2) is 0 Å². The van der Waals surface area contributed by atoms with Crippen LogP contribution in [0.15, 0.2) is 156 Å². The topological polar surface area (TPSA) is 6.48 Å². The van der Waals surface area contributed by atoms with Crippen molar-refractivity contribution in [3.63, 3.8) is 0 Å². The molecule has 8 rings (SSSR count). The molecule has 0 saturated carbocycles. The zero-order valence-electron chi connectivity index (χ0n) is 33.7. The van der Waals surface area contributed by atoms with Crippen LogP contribution in [0.2, 0.25) is 0 Å². The van der Waals surface area contributed by atoms with Gasteiger partial charge in [0.1, 0.15) is 0 Å². The monoisotopic (exact) mass is 706 g/mol. The highest BCUT2D eigenvalue weighted by Crippen LogP contribution is 2.47. The van der Waals surface area contributed by atoms with Crippen LogP contribution in [0.4, 0.5) is 22.7 Å². The van der Waals surface area contributed by atoms with E-state index in [1.54, 1.807) is 0 Å². The van der Waals surface area contributed by atoms with Gasteiger partial charge in [0.25, 0.3) is 6.71 Å². The van der Waals surface area contributed by atoms with Crippen LogP contribution in [0.5, 0.6) is 0 Å². The molecule has 0 radical (unpaired) electrons. The third-order valence-electron chi connectivity index (χ3n) is 11.9. The number of hydrogen-bond donors (Lipinski definition) is 0. The molecule has 2 aliphatic heterocycles. The summed E-state index contributed by atoms with van der Waals surface area (Å²) < 4.78 is 0. The maximum atomic E-state index is 2.63. The average molecular weight is 707 g/mol. The lowest BCUT2D eigenvalue weighted by Crippen LogP contribution is -2.62. The largest absolute Gasteiger partial charge is 0.315 e. The van der Waals surface area contributed by atoms with Crippen LogP contribution in [0.3, 0.4) is 0 Å². The summed E-state index contributed by atoms with van der Waals surface area (Å²) in [4.78, 5) is 5.24. The third-order valence-corrected chi connectivity index (χ3v) is 11.9. The van der Waals surface area contributed by atoms with Gasteiger partial charge in [-0.05, 0) is 112 Å². The summed E-state index contributed by atoms with van der Waals surface area (Å²) in [6.07, 6.45) is 20.7. The predicted molar refractivity (Wildman–Crippen MR) is 235 cm³/mol. The van der Waals surface area contributed by atoms with Gasteiger partial charge >= 0.3 is 0 Å². The van der Waals surface area contributed by atoms with E-state index < -0.39 is 0 Å². The van der Waals surface area contributed by atoms with Crippen LogP contribution in [0, 0.1) is 5.92 Å². The lowest BCUT2D eigenvalue weighted by Gasteiger charge is -2.47. The minimum absolute atomic E-state index is 0.00718. The Morgan fingerprint density at radius 2 is 1.35 bits per heavy atom. The molecule has 0 spiro atoms. The molecular weight excluding hydrogens is 651 g/mol. The molecule has 3 heteroatoms. The first-order chi connectivity index (χ1) is 25.9. The van der Waals surface area contributed by atoms with Crippen molar-refractivity contribution in [3.05, 3.63) is 173 Å². The molecule has 272 valence electrons. The Morgan fingerprint density at radius 3 is 1.96 bits per heavy atom. The van der Waals surface area contributed by atoms with Gasteiger partial charge in [-0.1, -0.05) is 152 Å². The van der Waals surface area contributed by atoms with Gasteiger partial charge in [0, 0.05) is 45.6 Å². The van der Waals surface area contributed by atoms with E-state index in [0.29, 0.717) is 5.92 Å². The van der Waals surface area contributed by atoms with Crippen molar-refractivity contribution in [1.82, 2.24) is 0 Å². The van der Waals surface area contributed by atoms with Crippen molar-refractivity contribution in [2.24, 2.45) is 5.92 Å². The van der Waals surface area contributed by atoms with Crippen molar-refractivity contribution >= 4 is 45.9 Å². The Bertz CT molecular complexity index is 2300. The normalized spacial score (nSPS) is 19.6. The molecule has 0 N–H and O–H groups in total. The van der Waals surface area contributed by atoms with E-state index in [4.69, 9.17) is 0 Å². The molecule has 4 aromatic carbocycles. The van der Waals surface area contributed by atoms with E-state index in [1.165, 1.54) is 78.4 Å². The minimum atomic E-state index is 0.00718. The molecule has 0 amide bonds. The van der Waals surface area contributed by atoms with Crippen LogP contribution in [-0.4, -0.2) is 6.71 Å². The van der Waals surface area contributed by atoms with E-state index in [2.05, 4.69) is 206 Å². The van der Waals surface area contributed by atoms with Gasteiger partial charge in [0.05, 0.1) is 0 Å². The van der Waals surface area contributed by atoms with Gasteiger partial charge in [0.2, 0.25) is 0 Å². The number of hydrogen-bond acceptors (Lipinski definition) is 2. The maximum absolute atomic E-state index is 2.63. The van der Waals surface area contributed by atoms with Gasteiger partial charge in [-0.25, -0.2) is 0 Å². The van der Waals surface area contributed by atoms with Crippen molar-refractivity contribution in [2.45, 2.75) is 91.9 Å². The lowest BCUT2D eigenvalue weighted by atomic mass is 9.33. The van der Waals surface area contributed by atoms with E-state index in [9.17, 15) is 0 Å². The van der Waals surface area contributed by atoms with E-state index in [-0.39, 0.29) is 23.5 Å². The first kappa shape index (κ1) is 36.0. The third kappa shape index (κ3) is 6.07. The predicted octanol–water partition coefficient (Wildman–Crippen LogP) is 11.7. The number of benzene rings is 4. The summed E-state index contributed by atoms with van der Waals surface area (Å²) in [7, 11) is 0. The Hall–Kier alpha value is -5.02. The van der Waals surface area contributed by atoms with E-state index >= 15 is 0 Å². The molecule has 2 nitrogen and oxygen atoms in total. The molecule has 0 fully saturated rings. The molecule has 0 saturated heterocycles. The summed E-state index contributed by atoms with van der Waals surface area (Å²) in [5.74, 6) is 0.710. The van der Waals surface area contributed by atoms with Crippen molar-refractivity contribution in [2.75, 3.05) is 9.80 Å². The highest BCUT2D eigenvalue weighted by molar-refractivity contribution is 7.00. The van der Waals surface area contributed by atoms with Crippen molar-refractivity contribution in [1.29, 1.82) is 0 Å². The summed E-state index contributed by atoms with van der Waals surface area (Å²) in [5.41, 5.74) is 18.6. The standard InChI is InChI=1S/C51H55BN2/c1-10-18-35(11-2)40-31-34(3)25-28-44(40)54-46-30-27-38(51(7,8)9)33-42(46)52-41-32-37(50(4,5)6)26-29-45(41)53(47-23-17-24-48(54)49(47)52)43-22-16-15-21-39(43)36-19-13-12-14-20-36/h10-20,22-24,26-34,39H,21,25H2,1-9H3/b18-10-,35-11+. The van der Waals surface area contributed by atoms with Crippen molar-refractivity contribution in [3.8, 4) is 0 Å². The van der Waals surface area contributed by atoms with Gasteiger partial charge in [-0.3, -0.25) is 0 Å². The Balaban J connectivity index is 1.45. The fourth-order valence-corrected chi connectivity index (χ4v) is 9.08. The smallest absolute Gasteiger partial charge is 0.252 e. The quantitative estimate of drug-likeness (QED) is 0.151. The second-order valence-corrected chi connectivity index (χ2v) is 17.7. The molecule has 0 bridgehead atoms. The van der Waals surface area contributed by atoms with E-state index in [0.717, 1.165) is 12.8 Å². The van der Waals surface area contributed by atoms with Gasteiger partial charge < -0.3 is 9.80 Å².